The number of amides is 1. The van der Waals surface area contributed by atoms with Gasteiger partial charge in [0, 0.05) is 0 Å². The minimum absolute atomic E-state index is 0.147. The first-order valence-corrected chi connectivity index (χ1v) is 7.58. The number of carbonyl (C=O) groups excluding carboxylic acids is 1. The van der Waals surface area contributed by atoms with Crippen LogP contribution in [-0.4, -0.2) is 18.5 Å². The van der Waals surface area contributed by atoms with Gasteiger partial charge in [-0.1, -0.05) is 60.7 Å². The molecule has 0 aliphatic rings. The van der Waals surface area contributed by atoms with Gasteiger partial charge in [0.05, 0.1) is 12.1 Å². The Kier molecular flexibility index (Phi) is 6.13. The van der Waals surface area contributed by atoms with Crippen molar-refractivity contribution in [3.8, 4) is 0 Å². The van der Waals surface area contributed by atoms with Crippen LogP contribution in [0.1, 0.15) is 30.0 Å². The number of benzene rings is 2. The van der Waals surface area contributed by atoms with E-state index < -0.39 is 6.04 Å². The van der Waals surface area contributed by atoms with E-state index in [-0.39, 0.29) is 11.9 Å². The van der Waals surface area contributed by atoms with E-state index in [1.54, 1.807) is 0 Å². The van der Waals surface area contributed by atoms with Gasteiger partial charge in [-0.2, -0.15) is 0 Å². The second kappa shape index (κ2) is 8.32. The molecule has 0 aromatic heterocycles. The van der Waals surface area contributed by atoms with Crippen molar-refractivity contribution in [2.24, 2.45) is 11.5 Å². The van der Waals surface area contributed by atoms with Crippen LogP contribution in [0, 0.1) is 0 Å². The van der Waals surface area contributed by atoms with Crippen molar-refractivity contribution >= 4 is 5.91 Å². The van der Waals surface area contributed by atoms with E-state index in [9.17, 15) is 4.79 Å². The molecule has 0 aliphatic carbocycles. The van der Waals surface area contributed by atoms with Crippen molar-refractivity contribution in [3.05, 3.63) is 71.8 Å². The van der Waals surface area contributed by atoms with Gasteiger partial charge in [-0.05, 0) is 30.5 Å². The summed E-state index contributed by atoms with van der Waals surface area (Å²) in [5.74, 6) is -0.147. The number of nitrogens with one attached hydrogen (secondary N) is 1. The normalized spacial score (nSPS) is 12.1. The highest BCUT2D eigenvalue weighted by Gasteiger charge is 2.20. The van der Waals surface area contributed by atoms with Crippen LogP contribution in [0.3, 0.4) is 0 Å². The fourth-order valence-electron chi connectivity index (χ4n) is 2.37. The first kappa shape index (κ1) is 16.2. The third-order valence-electron chi connectivity index (χ3n) is 3.61. The molecule has 1 atom stereocenters. The zero-order chi connectivity index (χ0) is 15.8. The van der Waals surface area contributed by atoms with Crippen molar-refractivity contribution in [2.75, 3.05) is 6.54 Å². The van der Waals surface area contributed by atoms with Gasteiger partial charge >= 0.3 is 0 Å². The Morgan fingerprint density at radius 1 is 0.955 bits per heavy atom. The molecule has 0 heterocycles. The molecule has 0 aliphatic heterocycles. The highest BCUT2D eigenvalue weighted by molar-refractivity contribution is 5.82. The first-order valence-electron chi connectivity index (χ1n) is 7.58. The lowest BCUT2D eigenvalue weighted by atomic mass is 9.98. The molecule has 1 amide bonds. The lowest BCUT2D eigenvalue weighted by Gasteiger charge is -2.22. The molecule has 0 saturated carbocycles. The Morgan fingerprint density at radius 2 is 1.45 bits per heavy atom. The standard InChI is InChI=1S/C18H23N3O/c19-13-7-12-16(20)18(22)21-17(14-8-3-1-4-9-14)15-10-5-2-6-11-15/h1-6,8-11,16-17H,7,12-13,19-20H2,(H,21,22)/t16-/m0/s1. The maximum Gasteiger partial charge on any atom is 0.237 e. The van der Waals surface area contributed by atoms with Crippen molar-refractivity contribution < 1.29 is 4.79 Å². The fourth-order valence-corrected chi connectivity index (χ4v) is 2.37. The van der Waals surface area contributed by atoms with Gasteiger partial charge in [0.2, 0.25) is 5.91 Å². The number of hydrogen-bond acceptors (Lipinski definition) is 3. The molecule has 2 rings (SSSR count). The Bertz CT molecular complexity index is 532. The SMILES string of the molecule is NCCC[C@H](N)C(=O)NC(c1ccccc1)c1ccccc1. The minimum atomic E-state index is -0.529. The molecule has 22 heavy (non-hydrogen) atoms. The minimum Gasteiger partial charge on any atom is -0.344 e. The largest absolute Gasteiger partial charge is 0.344 e. The van der Waals surface area contributed by atoms with Crippen molar-refractivity contribution in [1.29, 1.82) is 0 Å². The topological polar surface area (TPSA) is 81.1 Å². The van der Waals surface area contributed by atoms with Crippen LogP contribution < -0.4 is 16.8 Å². The van der Waals surface area contributed by atoms with Gasteiger partial charge < -0.3 is 16.8 Å². The quantitative estimate of drug-likeness (QED) is 0.730. The molecular formula is C18H23N3O. The maximum atomic E-state index is 12.3. The van der Waals surface area contributed by atoms with Crippen molar-refractivity contribution in [1.82, 2.24) is 5.32 Å². The predicted molar refractivity (Wildman–Crippen MR) is 89.1 cm³/mol. The Morgan fingerprint density at radius 3 is 1.91 bits per heavy atom. The second-order valence-corrected chi connectivity index (χ2v) is 5.30. The molecular weight excluding hydrogens is 274 g/mol. The molecule has 0 radical (unpaired) electrons. The van der Waals surface area contributed by atoms with Gasteiger partial charge in [-0.25, -0.2) is 0 Å². The summed E-state index contributed by atoms with van der Waals surface area (Å²) in [5, 5.41) is 3.05. The zero-order valence-corrected chi connectivity index (χ0v) is 12.6. The van der Waals surface area contributed by atoms with E-state index in [1.807, 2.05) is 60.7 Å². The highest BCUT2D eigenvalue weighted by Crippen LogP contribution is 2.21. The summed E-state index contributed by atoms with van der Waals surface area (Å²) in [6.07, 6.45) is 1.34. The summed E-state index contributed by atoms with van der Waals surface area (Å²) in [4.78, 5) is 12.3. The van der Waals surface area contributed by atoms with Crippen LogP contribution in [0.25, 0.3) is 0 Å². The van der Waals surface area contributed by atoms with Gasteiger partial charge in [0.1, 0.15) is 0 Å². The lowest BCUT2D eigenvalue weighted by molar-refractivity contribution is -0.123. The molecule has 0 bridgehead atoms. The number of carbonyl (C=O) groups is 1. The average molecular weight is 297 g/mol. The van der Waals surface area contributed by atoms with E-state index in [0.29, 0.717) is 13.0 Å². The Balaban J connectivity index is 2.17. The lowest BCUT2D eigenvalue weighted by Crippen LogP contribution is -2.42. The van der Waals surface area contributed by atoms with E-state index >= 15 is 0 Å². The molecule has 2 aromatic rings. The monoisotopic (exact) mass is 297 g/mol. The molecule has 0 spiro atoms. The second-order valence-electron chi connectivity index (χ2n) is 5.30. The summed E-state index contributed by atoms with van der Waals surface area (Å²) >= 11 is 0. The fraction of sp³-hybridized carbons (Fsp3) is 0.278. The van der Waals surface area contributed by atoms with E-state index in [4.69, 9.17) is 11.5 Å². The maximum absolute atomic E-state index is 12.3. The summed E-state index contributed by atoms with van der Waals surface area (Å²) < 4.78 is 0. The zero-order valence-electron chi connectivity index (χ0n) is 12.6. The Hall–Kier alpha value is -2.17. The first-order chi connectivity index (χ1) is 10.7. The third-order valence-corrected chi connectivity index (χ3v) is 3.61. The van der Waals surface area contributed by atoms with Crippen LogP contribution in [0.15, 0.2) is 60.7 Å². The van der Waals surface area contributed by atoms with Crippen molar-refractivity contribution in [2.45, 2.75) is 24.9 Å². The van der Waals surface area contributed by atoms with Gasteiger partial charge in [0.15, 0.2) is 0 Å². The van der Waals surface area contributed by atoms with Crippen LogP contribution in [0.5, 0.6) is 0 Å². The van der Waals surface area contributed by atoms with E-state index in [0.717, 1.165) is 17.5 Å². The molecule has 0 saturated heterocycles. The van der Waals surface area contributed by atoms with Gasteiger partial charge in [-0.15, -0.1) is 0 Å². The van der Waals surface area contributed by atoms with Crippen LogP contribution >= 0.6 is 0 Å². The van der Waals surface area contributed by atoms with Crippen LogP contribution in [0.4, 0.5) is 0 Å². The van der Waals surface area contributed by atoms with Crippen molar-refractivity contribution in [3.63, 3.8) is 0 Å². The highest BCUT2D eigenvalue weighted by atomic mass is 16.2. The molecule has 5 N–H and O–H groups in total. The number of hydrogen-bond donors (Lipinski definition) is 3. The number of nitrogens with two attached hydrogens (primary N) is 2. The summed E-state index contributed by atoms with van der Waals surface area (Å²) in [6.45, 7) is 0.543. The summed E-state index contributed by atoms with van der Waals surface area (Å²) in [7, 11) is 0. The smallest absolute Gasteiger partial charge is 0.237 e. The molecule has 4 heteroatoms. The summed E-state index contributed by atoms with van der Waals surface area (Å²) in [5.41, 5.74) is 13.5. The van der Waals surface area contributed by atoms with Gasteiger partial charge in [0.25, 0.3) is 0 Å². The summed E-state index contributed by atoms with van der Waals surface area (Å²) in [6, 6.07) is 19.1. The molecule has 116 valence electrons. The van der Waals surface area contributed by atoms with Crippen LogP contribution in [-0.2, 0) is 4.79 Å². The third kappa shape index (κ3) is 4.41. The number of rotatable bonds is 7. The van der Waals surface area contributed by atoms with Gasteiger partial charge in [-0.3, -0.25) is 4.79 Å². The van der Waals surface area contributed by atoms with Crippen LogP contribution in [0.2, 0.25) is 0 Å². The average Bonchev–Trinajstić information content (AvgIpc) is 2.58. The predicted octanol–water partition coefficient (Wildman–Crippen LogP) is 1.96. The van der Waals surface area contributed by atoms with E-state index in [2.05, 4.69) is 5.32 Å². The molecule has 2 aromatic carbocycles. The molecule has 0 unspecified atom stereocenters. The molecule has 0 fully saturated rings. The Labute approximate surface area is 131 Å². The molecule has 4 nitrogen and oxygen atoms in total. The van der Waals surface area contributed by atoms with E-state index in [1.165, 1.54) is 0 Å².